The molecule has 1 unspecified atom stereocenters. The topological polar surface area (TPSA) is 34.1 Å². The molecule has 5 rings (SSSR count). The largest absolute Gasteiger partial charge is 0.289 e. The quantitative estimate of drug-likeness (QED) is 0.133. The molecular formula is C30H21O2S+. The van der Waals surface area contributed by atoms with Crippen molar-refractivity contribution in [3.8, 4) is 11.2 Å². The van der Waals surface area contributed by atoms with Crippen LogP contribution in [0.15, 0.2) is 120 Å². The smallest absolute Gasteiger partial charge is 0.214 e. The van der Waals surface area contributed by atoms with Gasteiger partial charge in [-0.25, -0.2) is 0 Å². The summed E-state index contributed by atoms with van der Waals surface area (Å²) in [6.07, 6.45) is 0. The lowest BCUT2D eigenvalue weighted by molar-refractivity contribution is 0.102. The summed E-state index contributed by atoms with van der Waals surface area (Å²) < 4.78 is 14.2. The van der Waals surface area contributed by atoms with Crippen LogP contribution in [0.2, 0.25) is 0 Å². The Hall–Kier alpha value is -4.00. The Morgan fingerprint density at radius 3 is 1.79 bits per heavy atom. The Balaban J connectivity index is 1.65. The molecule has 0 spiro atoms. The number of hydrogen-bond acceptors (Lipinski definition) is 2. The maximum atomic E-state index is 14.2. The molecular weight excluding hydrogens is 424 g/mol. The lowest BCUT2D eigenvalue weighted by atomic mass is 9.95. The molecule has 0 bridgehead atoms. The van der Waals surface area contributed by atoms with Gasteiger partial charge in [0.2, 0.25) is 15.7 Å². The summed E-state index contributed by atoms with van der Waals surface area (Å²) >= 11 is 0. The summed E-state index contributed by atoms with van der Waals surface area (Å²) in [5.74, 6) is 2.70. The Morgan fingerprint density at radius 1 is 0.667 bits per heavy atom. The van der Waals surface area contributed by atoms with E-state index in [0.29, 0.717) is 10.5 Å². The second-order valence-electron chi connectivity index (χ2n) is 7.84. The highest BCUT2D eigenvalue weighted by molar-refractivity contribution is 8.07. The van der Waals surface area contributed by atoms with Crippen molar-refractivity contribution in [3.63, 3.8) is 0 Å². The first-order valence-corrected chi connectivity index (χ1v) is 12.5. The van der Waals surface area contributed by atoms with Gasteiger partial charge in [0.15, 0.2) is 15.9 Å². The minimum Gasteiger partial charge on any atom is -0.289 e. The molecule has 0 saturated carbocycles. The van der Waals surface area contributed by atoms with Gasteiger partial charge in [-0.3, -0.25) is 4.79 Å². The number of hydrogen-bond donors (Lipinski definition) is 0. The van der Waals surface area contributed by atoms with Gasteiger partial charge >= 0.3 is 0 Å². The van der Waals surface area contributed by atoms with E-state index in [-0.39, 0.29) is 11.5 Å². The summed E-state index contributed by atoms with van der Waals surface area (Å²) in [5, 5.41) is 6.69. The highest BCUT2D eigenvalue weighted by Gasteiger charge is 2.35. The number of Topliss-reactive ketones (excluding diaryl/α,β-unsaturated/α-hetero) is 1. The van der Waals surface area contributed by atoms with E-state index in [9.17, 15) is 9.00 Å². The van der Waals surface area contributed by atoms with Gasteiger partial charge in [0.05, 0.1) is 0 Å². The molecule has 0 aliphatic rings. The molecule has 2 nitrogen and oxygen atoms in total. The van der Waals surface area contributed by atoms with Gasteiger partial charge in [-0.05, 0) is 57.8 Å². The molecule has 158 valence electrons. The van der Waals surface area contributed by atoms with Crippen molar-refractivity contribution in [2.45, 2.75) is 4.90 Å². The van der Waals surface area contributed by atoms with E-state index in [4.69, 9.17) is 0 Å². The van der Waals surface area contributed by atoms with Crippen molar-refractivity contribution < 1.29 is 9.00 Å². The normalized spacial score (nSPS) is 12.6. The molecule has 0 N–H and O–H groups in total. The van der Waals surface area contributed by atoms with E-state index in [1.807, 2.05) is 97.1 Å². The lowest BCUT2D eigenvalue weighted by Crippen LogP contribution is -2.22. The van der Waals surface area contributed by atoms with E-state index in [2.05, 4.69) is 17.2 Å². The lowest BCUT2D eigenvalue weighted by Gasteiger charge is -2.11. The molecule has 0 heterocycles. The van der Waals surface area contributed by atoms with Gasteiger partial charge < -0.3 is 0 Å². The highest BCUT2D eigenvalue weighted by Crippen LogP contribution is 2.30. The first-order valence-electron chi connectivity index (χ1n) is 10.7. The minimum absolute atomic E-state index is 0.167. The van der Waals surface area contributed by atoms with Crippen molar-refractivity contribution in [2.24, 2.45) is 0 Å². The van der Waals surface area contributed by atoms with Crippen LogP contribution in [-0.4, -0.2) is 11.5 Å². The van der Waals surface area contributed by atoms with Crippen molar-refractivity contribution >= 4 is 37.3 Å². The van der Waals surface area contributed by atoms with Crippen molar-refractivity contribution in [2.75, 3.05) is 5.75 Å². The predicted octanol–water partition coefficient (Wildman–Crippen LogP) is 6.74. The molecule has 33 heavy (non-hydrogen) atoms. The summed E-state index contributed by atoms with van der Waals surface area (Å²) in [4.78, 5) is 14.4. The Morgan fingerprint density at radius 2 is 1.18 bits per heavy atom. The molecule has 5 aromatic carbocycles. The monoisotopic (exact) mass is 445 g/mol. The third-order valence-corrected chi connectivity index (χ3v) is 7.78. The second kappa shape index (κ2) is 8.86. The second-order valence-corrected chi connectivity index (χ2v) is 10.2. The fraction of sp³-hybridized carbons (Fsp3) is 0.0333. The standard InChI is InChI=1S/C30H21O2S/c31-29(30-27-17-9-7-13-24(27)21-25-14-8-10-18-28(25)30)22-33(32,26-15-5-2-6-16-26)20-19-23-11-3-1-4-12-23/h1-18,21H,22H2/q+1. The maximum Gasteiger partial charge on any atom is 0.214 e. The molecule has 0 aromatic heterocycles. The fourth-order valence-corrected chi connectivity index (χ4v) is 5.80. The molecule has 0 aliphatic heterocycles. The first-order chi connectivity index (χ1) is 16.1. The Bertz CT molecular complexity index is 1520. The fourth-order valence-electron chi connectivity index (χ4n) is 4.05. The zero-order valence-corrected chi connectivity index (χ0v) is 18.7. The average Bonchev–Trinajstić information content (AvgIpc) is 2.87. The molecule has 0 fully saturated rings. The number of fused-ring (bicyclic) bond motifs is 2. The molecule has 1 atom stereocenters. The first kappa shape index (κ1) is 20.9. The zero-order chi connectivity index (χ0) is 22.7. The zero-order valence-electron chi connectivity index (χ0n) is 17.9. The minimum atomic E-state index is -2.96. The third-order valence-electron chi connectivity index (χ3n) is 5.64. The van der Waals surface area contributed by atoms with E-state index >= 15 is 0 Å². The van der Waals surface area contributed by atoms with Crippen LogP contribution in [0.25, 0.3) is 21.5 Å². The van der Waals surface area contributed by atoms with Crippen molar-refractivity contribution in [3.05, 3.63) is 126 Å². The van der Waals surface area contributed by atoms with Crippen LogP contribution in [-0.2, 0) is 14.1 Å². The van der Waals surface area contributed by atoms with Crippen molar-refractivity contribution in [1.82, 2.24) is 0 Å². The van der Waals surface area contributed by atoms with E-state index in [0.717, 1.165) is 27.1 Å². The summed E-state index contributed by atoms with van der Waals surface area (Å²) in [6, 6.07) is 36.3. The van der Waals surface area contributed by atoms with E-state index in [1.54, 1.807) is 12.1 Å². The molecule has 0 amide bonds. The molecule has 0 saturated heterocycles. The average molecular weight is 446 g/mol. The van der Waals surface area contributed by atoms with Crippen LogP contribution in [0.5, 0.6) is 0 Å². The van der Waals surface area contributed by atoms with E-state index < -0.39 is 9.93 Å². The number of rotatable bonds is 4. The number of ketones is 1. The van der Waals surface area contributed by atoms with Crippen molar-refractivity contribution in [1.29, 1.82) is 0 Å². The van der Waals surface area contributed by atoms with Gasteiger partial charge in [-0.2, -0.15) is 0 Å². The molecule has 0 radical (unpaired) electrons. The van der Waals surface area contributed by atoms with E-state index in [1.165, 1.54) is 0 Å². The third kappa shape index (κ3) is 4.22. The predicted molar refractivity (Wildman–Crippen MR) is 137 cm³/mol. The number of benzene rings is 5. The van der Waals surface area contributed by atoms with Gasteiger partial charge in [-0.1, -0.05) is 89.1 Å². The van der Waals surface area contributed by atoms with Gasteiger partial charge in [0, 0.05) is 11.1 Å². The SMILES string of the molecule is O=C(C[S+](=O)(C#Cc1ccccc1)c1ccccc1)c1c2ccccc2cc2ccccc12. The van der Waals surface area contributed by atoms with Crippen LogP contribution >= 0.6 is 0 Å². The number of carbonyl (C=O) groups excluding carboxylic acids is 1. The summed E-state index contributed by atoms with van der Waals surface area (Å²) in [7, 11) is -2.96. The van der Waals surface area contributed by atoms with Gasteiger partial charge in [0.1, 0.15) is 0 Å². The molecule has 5 aromatic rings. The maximum absolute atomic E-state index is 14.2. The van der Waals surface area contributed by atoms with Gasteiger partial charge in [-0.15, -0.1) is 0 Å². The molecule has 0 aliphatic carbocycles. The summed E-state index contributed by atoms with van der Waals surface area (Å²) in [5.41, 5.74) is 1.37. The molecule has 3 heteroatoms. The van der Waals surface area contributed by atoms with Crippen LogP contribution in [0.4, 0.5) is 0 Å². The Kier molecular flexibility index (Phi) is 5.60. The van der Waals surface area contributed by atoms with Crippen LogP contribution in [0, 0.1) is 11.2 Å². The highest BCUT2D eigenvalue weighted by atomic mass is 32.2. The Labute approximate surface area is 194 Å². The van der Waals surface area contributed by atoms with Crippen LogP contribution < -0.4 is 0 Å². The number of carbonyl (C=O) groups is 1. The van der Waals surface area contributed by atoms with Gasteiger partial charge in [0.25, 0.3) is 0 Å². The van der Waals surface area contributed by atoms with Crippen LogP contribution in [0.1, 0.15) is 15.9 Å². The van der Waals surface area contributed by atoms with Crippen LogP contribution in [0.3, 0.4) is 0 Å². The summed E-state index contributed by atoms with van der Waals surface area (Å²) in [6.45, 7) is 0.